The van der Waals surface area contributed by atoms with Gasteiger partial charge in [-0.05, 0) is 54.1 Å². The summed E-state index contributed by atoms with van der Waals surface area (Å²) in [6.07, 6.45) is 0. The number of methoxy groups -OCH3 is 2. The lowest BCUT2D eigenvalue weighted by atomic mass is 9.95. The zero-order valence-corrected chi connectivity index (χ0v) is 22.3. The number of aliphatic hydroxyl groups excluding tert-OH is 1. The monoisotopic (exact) mass is 564 g/mol. The Labute approximate surface area is 231 Å². The Bertz CT molecular complexity index is 1680. The van der Waals surface area contributed by atoms with Gasteiger partial charge in [0.15, 0.2) is 28.1 Å². The average Bonchev–Trinajstić information content (AvgIpc) is 3.49. The molecule has 0 spiro atoms. The zero-order chi connectivity index (χ0) is 27.3. The Morgan fingerprint density at radius 2 is 1.77 bits per heavy atom. The maximum absolute atomic E-state index is 13.6. The molecule has 1 aromatic heterocycles. The second-order valence-corrected chi connectivity index (χ2v) is 10.2. The molecule has 198 valence electrons. The summed E-state index contributed by atoms with van der Waals surface area (Å²) in [5.74, 6) is -0.181. The first-order chi connectivity index (χ1) is 18.9. The first kappa shape index (κ1) is 25.0. The maximum atomic E-state index is 13.6. The van der Waals surface area contributed by atoms with Crippen LogP contribution in [0.4, 0.5) is 5.13 Å². The van der Waals surface area contributed by atoms with E-state index in [-0.39, 0.29) is 16.5 Å². The normalized spacial score (nSPS) is 18.0. The number of amides is 1. The molecule has 1 amide bonds. The summed E-state index contributed by atoms with van der Waals surface area (Å²) >= 11 is 7.39. The van der Waals surface area contributed by atoms with E-state index >= 15 is 0 Å². The first-order valence-electron chi connectivity index (χ1n) is 11.9. The summed E-state index contributed by atoms with van der Waals surface area (Å²) in [6.45, 7) is 0.769. The average molecular weight is 565 g/mol. The van der Waals surface area contributed by atoms with Gasteiger partial charge in [-0.2, -0.15) is 0 Å². The predicted molar refractivity (Wildman–Crippen MR) is 146 cm³/mol. The van der Waals surface area contributed by atoms with Gasteiger partial charge in [0, 0.05) is 10.6 Å². The minimum atomic E-state index is -1.01. The quantitative estimate of drug-likeness (QED) is 0.196. The van der Waals surface area contributed by atoms with Crippen molar-refractivity contribution >= 4 is 55.7 Å². The Kier molecular flexibility index (Phi) is 6.28. The highest BCUT2D eigenvalue weighted by atomic mass is 35.5. The zero-order valence-electron chi connectivity index (χ0n) is 20.8. The minimum Gasteiger partial charge on any atom is -0.507 e. The molecule has 3 heterocycles. The number of benzene rings is 3. The van der Waals surface area contributed by atoms with Gasteiger partial charge in [0.1, 0.15) is 19.0 Å². The van der Waals surface area contributed by atoms with Crippen LogP contribution < -0.4 is 23.8 Å². The van der Waals surface area contributed by atoms with Gasteiger partial charge in [0.25, 0.3) is 5.78 Å². The van der Waals surface area contributed by atoms with Crippen molar-refractivity contribution in [3.63, 3.8) is 0 Å². The number of ketones is 1. The molecule has 3 aromatic carbocycles. The number of carbonyl (C=O) groups is 2. The highest BCUT2D eigenvalue weighted by Gasteiger charge is 2.48. The van der Waals surface area contributed by atoms with E-state index in [1.54, 1.807) is 54.6 Å². The van der Waals surface area contributed by atoms with Gasteiger partial charge in [-0.1, -0.05) is 29.0 Å². The molecule has 1 N–H and O–H groups in total. The fourth-order valence-corrected chi connectivity index (χ4v) is 5.97. The molecule has 0 aliphatic carbocycles. The van der Waals surface area contributed by atoms with E-state index in [9.17, 15) is 14.7 Å². The van der Waals surface area contributed by atoms with Crippen molar-refractivity contribution in [3.8, 4) is 23.0 Å². The third kappa shape index (κ3) is 4.21. The van der Waals surface area contributed by atoms with E-state index in [1.165, 1.54) is 30.5 Å². The van der Waals surface area contributed by atoms with Crippen molar-refractivity contribution < 1.29 is 33.6 Å². The molecule has 11 heteroatoms. The van der Waals surface area contributed by atoms with Gasteiger partial charge in [0.2, 0.25) is 0 Å². The second kappa shape index (κ2) is 9.79. The molecule has 1 atom stereocenters. The number of halogens is 1. The molecule has 0 radical (unpaired) electrons. The van der Waals surface area contributed by atoms with Crippen LogP contribution in [0.3, 0.4) is 0 Å². The van der Waals surface area contributed by atoms with Gasteiger partial charge in [-0.25, -0.2) is 4.98 Å². The number of ether oxygens (including phenoxy) is 4. The lowest BCUT2D eigenvalue weighted by Crippen LogP contribution is -2.29. The summed E-state index contributed by atoms with van der Waals surface area (Å²) in [4.78, 5) is 33.0. The van der Waals surface area contributed by atoms with Crippen molar-refractivity contribution in [3.05, 3.63) is 76.3 Å². The number of hydrogen-bond donors (Lipinski definition) is 1. The number of aliphatic hydroxyl groups is 1. The molecule has 1 fully saturated rings. The molecule has 0 unspecified atom stereocenters. The Morgan fingerprint density at radius 3 is 2.54 bits per heavy atom. The van der Waals surface area contributed by atoms with E-state index in [4.69, 9.17) is 30.5 Å². The standard InChI is InChI=1S/C28H21ClN2O7S/c1-35-18-7-3-14(11-20(18)36-2)24-23(25(32)15-4-8-19-21(12-15)38-10-9-37-19)26(33)27(34)31(24)28-30-17-6-5-16(29)13-22(17)39-28/h3-8,11-13,24,32H,9-10H2,1-2H3/b25-23+/t24-/m0/s1. The van der Waals surface area contributed by atoms with Crippen LogP contribution in [-0.4, -0.2) is 49.2 Å². The highest BCUT2D eigenvalue weighted by Crippen LogP contribution is 2.46. The fourth-order valence-electron chi connectivity index (χ4n) is 4.70. The van der Waals surface area contributed by atoms with Crippen LogP contribution in [0.15, 0.2) is 60.2 Å². The van der Waals surface area contributed by atoms with Gasteiger partial charge in [0.05, 0.1) is 36.1 Å². The number of aromatic nitrogens is 1. The van der Waals surface area contributed by atoms with Crippen molar-refractivity contribution in [1.29, 1.82) is 0 Å². The van der Waals surface area contributed by atoms with Gasteiger partial charge in [-0.15, -0.1) is 0 Å². The molecule has 2 aliphatic heterocycles. The van der Waals surface area contributed by atoms with Crippen molar-refractivity contribution in [2.75, 3.05) is 32.3 Å². The number of rotatable bonds is 5. The van der Waals surface area contributed by atoms with Crippen LogP contribution in [0.5, 0.6) is 23.0 Å². The van der Waals surface area contributed by atoms with E-state index in [0.717, 1.165) is 4.70 Å². The van der Waals surface area contributed by atoms with Gasteiger partial charge in [-0.3, -0.25) is 14.5 Å². The van der Waals surface area contributed by atoms with Crippen molar-refractivity contribution in [1.82, 2.24) is 4.98 Å². The van der Waals surface area contributed by atoms with Crippen LogP contribution in [0, 0.1) is 0 Å². The largest absolute Gasteiger partial charge is 0.507 e. The summed E-state index contributed by atoms with van der Waals surface area (Å²) in [7, 11) is 3.00. The van der Waals surface area contributed by atoms with Gasteiger partial charge < -0.3 is 24.1 Å². The van der Waals surface area contributed by atoms with E-state index < -0.39 is 17.7 Å². The maximum Gasteiger partial charge on any atom is 0.301 e. The summed E-state index contributed by atoms with van der Waals surface area (Å²) < 4.78 is 22.8. The highest BCUT2D eigenvalue weighted by molar-refractivity contribution is 7.22. The third-order valence-electron chi connectivity index (χ3n) is 6.53. The lowest BCUT2D eigenvalue weighted by molar-refractivity contribution is -0.132. The van der Waals surface area contributed by atoms with Crippen LogP contribution in [0.25, 0.3) is 16.0 Å². The molecule has 0 bridgehead atoms. The number of fused-ring (bicyclic) bond motifs is 2. The first-order valence-corrected chi connectivity index (χ1v) is 13.1. The number of hydrogen-bond acceptors (Lipinski definition) is 9. The number of carbonyl (C=O) groups excluding carboxylic acids is 2. The molecule has 1 saturated heterocycles. The lowest BCUT2D eigenvalue weighted by Gasteiger charge is -2.24. The Morgan fingerprint density at radius 1 is 1.00 bits per heavy atom. The number of Topliss-reactive ketones (excluding diaryl/α,β-unsaturated/α-hetero) is 1. The van der Waals surface area contributed by atoms with Crippen LogP contribution >= 0.6 is 22.9 Å². The molecule has 4 aromatic rings. The molecule has 39 heavy (non-hydrogen) atoms. The second-order valence-electron chi connectivity index (χ2n) is 8.75. The molecular formula is C28H21ClN2O7S. The summed E-state index contributed by atoms with van der Waals surface area (Å²) in [5.41, 5.74) is 1.35. The number of anilines is 1. The number of nitrogens with zero attached hydrogens (tertiary/aromatic N) is 2. The topological polar surface area (TPSA) is 107 Å². The van der Waals surface area contributed by atoms with Crippen LogP contribution in [0.2, 0.25) is 5.02 Å². The van der Waals surface area contributed by atoms with Gasteiger partial charge >= 0.3 is 5.91 Å². The smallest absolute Gasteiger partial charge is 0.301 e. The molecule has 0 saturated carbocycles. The van der Waals surface area contributed by atoms with Crippen LogP contribution in [-0.2, 0) is 9.59 Å². The molecule has 6 rings (SSSR count). The van der Waals surface area contributed by atoms with Crippen molar-refractivity contribution in [2.45, 2.75) is 6.04 Å². The SMILES string of the molecule is COc1ccc([C@H]2/C(=C(\O)c3ccc4c(c3)OCCO4)C(=O)C(=O)N2c2nc3ccc(Cl)cc3s2)cc1OC. The fraction of sp³-hybridized carbons (Fsp3) is 0.179. The number of thiazole rings is 1. The summed E-state index contributed by atoms with van der Waals surface area (Å²) in [5, 5.41) is 12.3. The molecular weight excluding hydrogens is 544 g/mol. The summed E-state index contributed by atoms with van der Waals surface area (Å²) in [6, 6.07) is 14.1. The molecule has 9 nitrogen and oxygen atoms in total. The third-order valence-corrected chi connectivity index (χ3v) is 7.78. The molecule has 2 aliphatic rings. The van der Waals surface area contributed by atoms with E-state index in [2.05, 4.69) is 4.98 Å². The van der Waals surface area contributed by atoms with Crippen molar-refractivity contribution in [2.24, 2.45) is 0 Å². The Balaban J connectivity index is 1.56. The Hall–Kier alpha value is -4.28. The van der Waals surface area contributed by atoms with E-state index in [0.29, 0.717) is 57.9 Å². The minimum absolute atomic E-state index is 0.0961. The van der Waals surface area contributed by atoms with Crippen LogP contribution in [0.1, 0.15) is 17.2 Å². The predicted octanol–water partition coefficient (Wildman–Crippen LogP) is 5.36. The van der Waals surface area contributed by atoms with E-state index in [1.807, 2.05) is 0 Å².